The van der Waals surface area contributed by atoms with Crippen LogP contribution < -0.4 is 0 Å². The normalized spacial score (nSPS) is 18.1. The molecule has 0 saturated heterocycles. The summed E-state index contributed by atoms with van der Waals surface area (Å²) >= 11 is 8.71. The Hall–Kier alpha value is -0.833. The third-order valence-electron chi connectivity index (χ3n) is 4.03. The summed E-state index contributed by atoms with van der Waals surface area (Å²) in [5.74, 6) is 0. The first kappa shape index (κ1) is 14.1. The van der Waals surface area contributed by atoms with Crippen molar-refractivity contribution in [2.24, 2.45) is 0 Å². The first-order valence-electron chi connectivity index (χ1n) is 6.95. The molecule has 0 saturated carbocycles. The van der Waals surface area contributed by atoms with Crippen LogP contribution in [0.1, 0.15) is 28.5 Å². The molecule has 0 fully saturated rings. The molecule has 0 N–H and O–H groups in total. The van der Waals surface area contributed by atoms with E-state index in [1.54, 1.807) is 0 Å². The van der Waals surface area contributed by atoms with Crippen LogP contribution >= 0.6 is 22.4 Å². The number of halogens is 1. The van der Waals surface area contributed by atoms with Crippen molar-refractivity contribution in [3.8, 4) is 10.4 Å². The van der Waals surface area contributed by atoms with Crippen LogP contribution in [-0.2, 0) is 0 Å². The highest BCUT2D eigenvalue weighted by molar-refractivity contribution is 7.23. The SMILES string of the molecule is CC1=Cc2c(sc(-c3ccccc3)c2C)C1[Si](C)(C)Cl. The van der Waals surface area contributed by atoms with Gasteiger partial charge in [-0.25, -0.2) is 0 Å². The van der Waals surface area contributed by atoms with Gasteiger partial charge in [-0.3, -0.25) is 0 Å². The number of benzene rings is 1. The molecule has 3 heteroatoms. The zero-order valence-electron chi connectivity index (χ0n) is 12.3. The van der Waals surface area contributed by atoms with Gasteiger partial charge < -0.3 is 0 Å². The van der Waals surface area contributed by atoms with Crippen LogP contribution in [-0.4, -0.2) is 7.38 Å². The molecule has 0 bridgehead atoms. The fraction of sp³-hybridized carbons (Fsp3) is 0.294. The third-order valence-corrected chi connectivity index (χ3v) is 8.44. The molecule has 1 aromatic carbocycles. The van der Waals surface area contributed by atoms with Crippen molar-refractivity contribution in [1.29, 1.82) is 0 Å². The van der Waals surface area contributed by atoms with Gasteiger partial charge >= 0.3 is 0 Å². The minimum atomic E-state index is -1.73. The monoisotopic (exact) mass is 318 g/mol. The van der Waals surface area contributed by atoms with Gasteiger partial charge in [0.2, 0.25) is 0 Å². The van der Waals surface area contributed by atoms with Gasteiger partial charge in [0.1, 0.15) is 0 Å². The van der Waals surface area contributed by atoms with Gasteiger partial charge in [0, 0.05) is 15.3 Å². The Labute approximate surface area is 130 Å². The van der Waals surface area contributed by atoms with Gasteiger partial charge in [-0.05, 0) is 30.5 Å². The van der Waals surface area contributed by atoms with Crippen molar-refractivity contribution in [2.45, 2.75) is 32.5 Å². The van der Waals surface area contributed by atoms with Crippen LogP contribution in [0.5, 0.6) is 0 Å². The molecule has 0 spiro atoms. The lowest BCUT2D eigenvalue weighted by Crippen LogP contribution is -2.27. The quantitative estimate of drug-likeness (QED) is 0.456. The highest BCUT2D eigenvalue weighted by atomic mass is 35.6. The van der Waals surface area contributed by atoms with E-state index < -0.39 is 7.38 Å². The molecule has 0 nitrogen and oxygen atoms in total. The molecule has 104 valence electrons. The maximum Gasteiger partial charge on any atom is 0.162 e. The van der Waals surface area contributed by atoms with Crippen molar-refractivity contribution in [3.05, 3.63) is 51.9 Å². The van der Waals surface area contributed by atoms with Crippen LogP contribution in [0.3, 0.4) is 0 Å². The lowest BCUT2D eigenvalue weighted by molar-refractivity contribution is 1.13. The van der Waals surface area contributed by atoms with Crippen LogP contribution in [0, 0.1) is 6.92 Å². The fourth-order valence-electron chi connectivity index (χ4n) is 3.18. The summed E-state index contributed by atoms with van der Waals surface area (Å²) in [6, 6.07) is 10.7. The number of hydrogen-bond donors (Lipinski definition) is 0. The van der Waals surface area contributed by atoms with Crippen molar-refractivity contribution in [3.63, 3.8) is 0 Å². The minimum absolute atomic E-state index is 0.473. The average Bonchev–Trinajstić information content (AvgIpc) is 2.86. The van der Waals surface area contributed by atoms with Crippen molar-refractivity contribution in [1.82, 2.24) is 0 Å². The van der Waals surface area contributed by atoms with Crippen molar-refractivity contribution >= 4 is 35.9 Å². The smallest absolute Gasteiger partial charge is 0.162 e. The predicted molar refractivity (Wildman–Crippen MR) is 94.2 cm³/mol. The van der Waals surface area contributed by atoms with E-state index in [1.165, 1.54) is 32.0 Å². The van der Waals surface area contributed by atoms with Crippen LogP contribution in [0.15, 0.2) is 35.9 Å². The largest absolute Gasteiger partial charge is 0.167 e. The lowest BCUT2D eigenvalue weighted by Gasteiger charge is -2.23. The molecule has 1 heterocycles. The summed E-state index contributed by atoms with van der Waals surface area (Å²) in [6.45, 7) is 8.98. The summed E-state index contributed by atoms with van der Waals surface area (Å²) in [5, 5.41) is 0. The standard InChI is InChI=1S/C17H19ClSSi/c1-11-10-14-12(2)15(13-8-6-5-7-9-13)19-16(14)17(11)20(3,4)18/h5-10,17H,1-4H3. The van der Waals surface area contributed by atoms with E-state index in [-0.39, 0.29) is 0 Å². The zero-order chi connectivity index (χ0) is 14.5. The second-order valence-corrected chi connectivity index (χ2v) is 13.8. The Kier molecular flexibility index (Phi) is 3.44. The van der Waals surface area contributed by atoms with Crippen LogP contribution in [0.25, 0.3) is 16.5 Å². The number of thiophene rings is 1. The molecule has 0 amide bonds. The lowest BCUT2D eigenvalue weighted by atomic mass is 10.1. The molecule has 1 aliphatic rings. The first-order chi connectivity index (χ1) is 9.39. The van der Waals surface area contributed by atoms with Gasteiger partial charge in [0.05, 0.1) is 0 Å². The number of fused-ring (bicyclic) bond motifs is 1. The second kappa shape index (κ2) is 4.87. The van der Waals surface area contributed by atoms with Crippen LogP contribution in [0.2, 0.25) is 13.1 Å². The second-order valence-electron chi connectivity index (χ2n) is 6.09. The highest BCUT2D eigenvalue weighted by Crippen LogP contribution is 2.51. The summed E-state index contributed by atoms with van der Waals surface area (Å²) in [6.07, 6.45) is 2.36. The molecule has 1 atom stereocenters. The van der Waals surface area contributed by atoms with Gasteiger partial charge in [0.15, 0.2) is 7.38 Å². The summed E-state index contributed by atoms with van der Waals surface area (Å²) < 4.78 is 0. The number of allylic oxidation sites excluding steroid dienone is 1. The molecule has 1 aliphatic carbocycles. The Morgan fingerprint density at radius 1 is 1.10 bits per heavy atom. The molecule has 2 aromatic rings. The number of rotatable bonds is 2. The number of hydrogen-bond acceptors (Lipinski definition) is 1. The summed E-state index contributed by atoms with van der Waals surface area (Å²) in [4.78, 5) is 2.89. The molecule has 3 rings (SSSR count). The Morgan fingerprint density at radius 2 is 1.75 bits per heavy atom. The minimum Gasteiger partial charge on any atom is -0.167 e. The molecule has 20 heavy (non-hydrogen) atoms. The molecule has 1 aromatic heterocycles. The molecule has 0 aliphatic heterocycles. The van der Waals surface area contributed by atoms with Gasteiger partial charge in [-0.15, -0.1) is 11.3 Å². The maximum absolute atomic E-state index is 6.77. The van der Waals surface area contributed by atoms with E-state index >= 15 is 0 Å². The van der Waals surface area contributed by atoms with E-state index in [9.17, 15) is 0 Å². The molecule has 1 unspecified atom stereocenters. The molecular weight excluding hydrogens is 300 g/mol. The zero-order valence-corrected chi connectivity index (χ0v) is 14.9. The summed E-state index contributed by atoms with van der Waals surface area (Å²) in [7, 11) is -1.73. The first-order valence-corrected chi connectivity index (χ1v) is 11.9. The average molecular weight is 319 g/mol. The van der Waals surface area contributed by atoms with Gasteiger partial charge in [-0.1, -0.05) is 55.1 Å². The predicted octanol–water partition coefficient (Wildman–Crippen LogP) is 6.21. The van der Waals surface area contributed by atoms with Gasteiger partial charge in [0.25, 0.3) is 0 Å². The third kappa shape index (κ3) is 2.20. The Balaban J connectivity index is 2.16. The van der Waals surface area contributed by atoms with Gasteiger partial charge in [-0.2, -0.15) is 11.1 Å². The van der Waals surface area contributed by atoms with Crippen LogP contribution in [0.4, 0.5) is 0 Å². The fourth-order valence-corrected chi connectivity index (χ4v) is 8.58. The van der Waals surface area contributed by atoms with E-state index in [1.807, 2.05) is 11.3 Å². The Bertz CT molecular complexity index is 677. The van der Waals surface area contributed by atoms with Crippen molar-refractivity contribution in [2.75, 3.05) is 0 Å². The van der Waals surface area contributed by atoms with E-state index in [4.69, 9.17) is 11.1 Å². The van der Waals surface area contributed by atoms with E-state index in [0.29, 0.717) is 5.54 Å². The molecule has 0 radical (unpaired) electrons. The highest BCUT2D eigenvalue weighted by Gasteiger charge is 2.39. The molecular formula is C17H19ClSSi. The Morgan fingerprint density at radius 3 is 2.35 bits per heavy atom. The van der Waals surface area contributed by atoms with Crippen molar-refractivity contribution < 1.29 is 0 Å². The van der Waals surface area contributed by atoms with E-state index in [0.717, 1.165) is 0 Å². The maximum atomic E-state index is 6.77. The summed E-state index contributed by atoms with van der Waals surface area (Å²) in [5.41, 5.74) is 6.08. The van der Waals surface area contributed by atoms with E-state index in [2.05, 4.69) is 63.3 Å². The topological polar surface area (TPSA) is 0 Å².